The van der Waals surface area contributed by atoms with Crippen LogP contribution in [0.25, 0.3) is 10.9 Å². The van der Waals surface area contributed by atoms with Gasteiger partial charge in [-0.3, -0.25) is 4.98 Å². The standard InChI is InChI=1S/C29H30FN5O/c30-23-8-3-2-7-22(23)29(10-5-11-29)32-27(36)34-14-12-28(19-34)13-15-35-26(28)17-25(33-35)21-16-20-6-1-4-9-24(20)31-18-21/h1-4,6-9,16-18,25,33H,5,10-15,19H2,(H,32,36). The lowest BCUT2D eigenvalue weighted by molar-refractivity contribution is 0.150. The molecule has 7 rings (SSSR count). The van der Waals surface area contributed by atoms with Crippen LogP contribution in [-0.2, 0) is 5.54 Å². The monoisotopic (exact) mass is 483 g/mol. The van der Waals surface area contributed by atoms with Gasteiger partial charge in [0.05, 0.1) is 17.1 Å². The van der Waals surface area contributed by atoms with E-state index < -0.39 is 5.54 Å². The summed E-state index contributed by atoms with van der Waals surface area (Å²) in [6, 6.07) is 17.2. The number of nitrogens with zero attached hydrogens (tertiary/aromatic N) is 3. The van der Waals surface area contributed by atoms with Crippen LogP contribution in [0.4, 0.5) is 9.18 Å². The van der Waals surface area contributed by atoms with Crippen molar-refractivity contribution in [3.63, 3.8) is 0 Å². The van der Waals surface area contributed by atoms with E-state index in [2.05, 4.69) is 38.9 Å². The third-order valence-corrected chi connectivity index (χ3v) is 8.82. The molecule has 2 saturated heterocycles. The molecule has 2 aromatic carbocycles. The molecule has 2 amide bonds. The van der Waals surface area contributed by atoms with E-state index >= 15 is 0 Å². The SMILES string of the molecule is O=C(NC1(c2ccccc2F)CCC1)N1CCC2(CCN3NC(c4cnc5ccccc5c4)C=C32)C1. The summed E-state index contributed by atoms with van der Waals surface area (Å²) in [5, 5.41) is 6.65. The first kappa shape index (κ1) is 21.8. The first-order chi connectivity index (χ1) is 17.6. The van der Waals surface area contributed by atoms with Gasteiger partial charge in [0, 0.05) is 47.9 Å². The molecule has 0 bridgehead atoms. The van der Waals surface area contributed by atoms with Crippen molar-refractivity contribution in [3.05, 3.63) is 89.5 Å². The highest BCUT2D eigenvalue weighted by Gasteiger charge is 2.52. The molecule has 2 atom stereocenters. The second-order valence-corrected chi connectivity index (χ2v) is 10.8. The highest BCUT2D eigenvalue weighted by atomic mass is 19.1. The van der Waals surface area contributed by atoms with E-state index in [0.29, 0.717) is 18.7 Å². The van der Waals surface area contributed by atoms with Crippen LogP contribution in [0, 0.1) is 11.2 Å². The molecule has 1 aromatic heterocycles. The molecule has 36 heavy (non-hydrogen) atoms. The molecule has 2 N–H and O–H groups in total. The molecule has 3 aromatic rings. The lowest BCUT2D eigenvalue weighted by Gasteiger charge is -2.44. The lowest BCUT2D eigenvalue weighted by atomic mass is 9.71. The van der Waals surface area contributed by atoms with Gasteiger partial charge in [0.2, 0.25) is 0 Å². The summed E-state index contributed by atoms with van der Waals surface area (Å²) in [7, 11) is 0. The summed E-state index contributed by atoms with van der Waals surface area (Å²) >= 11 is 0. The van der Waals surface area contributed by atoms with E-state index in [1.807, 2.05) is 41.4 Å². The second-order valence-electron chi connectivity index (χ2n) is 10.8. The first-order valence-electron chi connectivity index (χ1n) is 13.0. The molecule has 3 aliphatic heterocycles. The molecule has 184 valence electrons. The molecule has 1 saturated carbocycles. The van der Waals surface area contributed by atoms with Gasteiger partial charge < -0.3 is 15.2 Å². The van der Waals surface area contributed by atoms with Gasteiger partial charge in [-0.05, 0) is 61.9 Å². The van der Waals surface area contributed by atoms with Gasteiger partial charge in [0.1, 0.15) is 5.82 Å². The molecule has 1 spiro atoms. The van der Waals surface area contributed by atoms with Gasteiger partial charge in [-0.1, -0.05) is 36.4 Å². The zero-order chi connectivity index (χ0) is 24.3. The van der Waals surface area contributed by atoms with Crippen LogP contribution >= 0.6 is 0 Å². The number of amides is 2. The number of hydrogen-bond donors (Lipinski definition) is 2. The Bertz CT molecular complexity index is 1380. The number of carbonyl (C=O) groups is 1. The van der Waals surface area contributed by atoms with Crippen molar-refractivity contribution in [2.75, 3.05) is 19.6 Å². The quantitative estimate of drug-likeness (QED) is 0.550. The number of para-hydroxylation sites is 1. The highest BCUT2D eigenvalue weighted by molar-refractivity contribution is 5.79. The minimum absolute atomic E-state index is 0.0336. The number of aromatic nitrogens is 1. The Labute approximate surface area is 210 Å². The van der Waals surface area contributed by atoms with Crippen molar-refractivity contribution < 1.29 is 9.18 Å². The molecule has 0 radical (unpaired) electrons. The highest BCUT2D eigenvalue weighted by Crippen LogP contribution is 2.50. The number of fused-ring (bicyclic) bond motifs is 3. The number of halogens is 1. The average Bonchev–Trinajstić information content (AvgIpc) is 3.58. The van der Waals surface area contributed by atoms with Crippen LogP contribution in [0.3, 0.4) is 0 Å². The van der Waals surface area contributed by atoms with Gasteiger partial charge in [-0.25, -0.2) is 14.6 Å². The fourth-order valence-electron chi connectivity index (χ4n) is 6.64. The minimum atomic E-state index is -0.581. The summed E-state index contributed by atoms with van der Waals surface area (Å²) in [6.07, 6.45) is 8.81. The van der Waals surface area contributed by atoms with Crippen LogP contribution in [0.15, 0.2) is 72.6 Å². The average molecular weight is 484 g/mol. The molecule has 4 heterocycles. The number of hydrazine groups is 1. The van der Waals surface area contributed by atoms with Crippen molar-refractivity contribution in [3.8, 4) is 0 Å². The van der Waals surface area contributed by atoms with Crippen molar-refractivity contribution in [1.82, 2.24) is 25.6 Å². The largest absolute Gasteiger partial charge is 0.328 e. The topological polar surface area (TPSA) is 60.5 Å². The van der Waals surface area contributed by atoms with Gasteiger partial charge >= 0.3 is 6.03 Å². The maximum Gasteiger partial charge on any atom is 0.318 e. The first-order valence-corrected chi connectivity index (χ1v) is 13.0. The number of likely N-dealkylation sites (tertiary alicyclic amines) is 1. The van der Waals surface area contributed by atoms with Gasteiger partial charge in [-0.2, -0.15) is 0 Å². The third kappa shape index (κ3) is 3.33. The van der Waals surface area contributed by atoms with E-state index in [1.165, 1.54) is 11.8 Å². The van der Waals surface area contributed by atoms with Crippen molar-refractivity contribution >= 4 is 16.9 Å². The van der Waals surface area contributed by atoms with Gasteiger partial charge in [0.25, 0.3) is 0 Å². The van der Waals surface area contributed by atoms with Crippen molar-refractivity contribution in [1.29, 1.82) is 0 Å². The number of benzene rings is 2. The minimum Gasteiger partial charge on any atom is -0.328 e. The van der Waals surface area contributed by atoms with Crippen LogP contribution in [0.1, 0.15) is 49.3 Å². The Hall–Kier alpha value is -3.45. The van der Waals surface area contributed by atoms with Crippen LogP contribution in [0.2, 0.25) is 0 Å². The van der Waals surface area contributed by atoms with E-state index in [0.717, 1.165) is 55.1 Å². The summed E-state index contributed by atoms with van der Waals surface area (Å²) in [5.41, 5.74) is 7.09. The molecule has 6 nitrogen and oxygen atoms in total. The Morgan fingerprint density at radius 3 is 2.69 bits per heavy atom. The fourth-order valence-corrected chi connectivity index (χ4v) is 6.64. The van der Waals surface area contributed by atoms with E-state index in [1.54, 1.807) is 6.07 Å². The maximum atomic E-state index is 14.6. The number of pyridine rings is 1. The molecule has 1 aliphatic carbocycles. The Balaban J connectivity index is 1.10. The Morgan fingerprint density at radius 2 is 1.86 bits per heavy atom. The second kappa shape index (κ2) is 8.03. The third-order valence-electron chi connectivity index (χ3n) is 8.82. The van der Waals surface area contributed by atoms with Crippen LogP contribution < -0.4 is 10.7 Å². The molecule has 7 heteroatoms. The normalized spacial score (nSPS) is 26.2. The Kier molecular flexibility index (Phi) is 4.86. The number of carbonyl (C=O) groups excluding carboxylic acids is 1. The number of hydrogen-bond acceptors (Lipinski definition) is 4. The number of rotatable bonds is 3. The zero-order valence-corrected chi connectivity index (χ0v) is 20.2. The van der Waals surface area contributed by atoms with Crippen LogP contribution in [0.5, 0.6) is 0 Å². The maximum absolute atomic E-state index is 14.6. The van der Waals surface area contributed by atoms with E-state index in [-0.39, 0.29) is 23.3 Å². The van der Waals surface area contributed by atoms with Crippen LogP contribution in [-0.4, -0.2) is 40.6 Å². The van der Waals surface area contributed by atoms with Gasteiger partial charge in [-0.15, -0.1) is 0 Å². The predicted molar refractivity (Wildman–Crippen MR) is 136 cm³/mol. The summed E-state index contributed by atoms with van der Waals surface area (Å²) in [4.78, 5) is 20.0. The molecule has 2 unspecified atom stereocenters. The summed E-state index contributed by atoms with van der Waals surface area (Å²) < 4.78 is 14.6. The lowest BCUT2D eigenvalue weighted by Crippen LogP contribution is -2.55. The molecular weight excluding hydrogens is 453 g/mol. The fraction of sp³-hybridized carbons (Fsp3) is 0.379. The molecular formula is C29H30FN5O. The van der Waals surface area contributed by atoms with Gasteiger partial charge in [0.15, 0.2) is 0 Å². The molecule has 3 fully saturated rings. The summed E-state index contributed by atoms with van der Waals surface area (Å²) in [6.45, 7) is 2.34. The van der Waals surface area contributed by atoms with E-state index in [4.69, 9.17) is 0 Å². The molecule has 4 aliphatic rings. The Morgan fingerprint density at radius 1 is 1.06 bits per heavy atom. The van der Waals surface area contributed by atoms with E-state index in [9.17, 15) is 9.18 Å². The predicted octanol–water partition coefficient (Wildman–Crippen LogP) is 5.00. The zero-order valence-electron chi connectivity index (χ0n) is 20.2. The van der Waals surface area contributed by atoms with Crippen molar-refractivity contribution in [2.45, 2.75) is 43.7 Å². The summed E-state index contributed by atoms with van der Waals surface area (Å²) in [5.74, 6) is -0.238. The number of urea groups is 1. The van der Waals surface area contributed by atoms with Crippen molar-refractivity contribution in [2.24, 2.45) is 5.41 Å². The smallest absolute Gasteiger partial charge is 0.318 e. The number of nitrogens with one attached hydrogen (secondary N) is 2.